The van der Waals surface area contributed by atoms with E-state index in [1.807, 2.05) is 0 Å². The van der Waals surface area contributed by atoms with Gasteiger partial charge in [-0.1, -0.05) is 0 Å². The van der Waals surface area contributed by atoms with Crippen molar-refractivity contribution in [2.75, 3.05) is 26.7 Å². The van der Waals surface area contributed by atoms with Gasteiger partial charge in [0.15, 0.2) is 5.44 Å². The maximum atomic E-state index is 10.8. The Balaban J connectivity index is 0. The van der Waals surface area contributed by atoms with E-state index >= 15 is 0 Å². The molecule has 0 aliphatic rings. The van der Waals surface area contributed by atoms with Crippen LogP contribution in [0.4, 0.5) is 0 Å². The normalized spacial score (nSPS) is 14.5. The molecule has 0 fully saturated rings. The van der Waals surface area contributed by atoms with Gasteiger partial charge >= 0.3 is 0 Å². The molecule has 18 heavy (non-hydrogen) atoms. The molecule has 0 spiro atoms. The first kappa shape index (κ1) is 20.1. The van der Waals surface area contributed by atoms with Gasteiger partial charge in [-0.05, 0) is 6.92 Å². The molecule has 0 rings (SSSR count). The topological polar surface area (TPSA) is 130 Å². The van der Waals surface area contributed by atoms with Crippen LogP contribution < -0.4 is 0 Å². The van der Waals surface area contributed by atoms with E-state index in [1.165, 1.54) is 0 Å². The molecule has 0 N–H and O–H groups in total. The fourth-order valence-electron chi connectivity index (χ4n) is 0.430. The molecule has 0 aromatic heterocycles. The van der Waals surface area contributed by atoms with Crippen LogP contribution in [0.1, 0.15) is 6.92 Å². The first-order valence-electron chi connectivity index (χ1n) is 4.18. The van der Waals surface area contributed by atoms with Crippen molar-refractivity contribution in [2.24, 2.45) is 0 Å². The van der Waals surface area contributed by atoms with Crippen LogP contribution in [-0.4, -0.2) is 57.4 Å². The molecule has 0 saturated carbocycles. The van der Waals surface area contributed by atoms with E-state index in [0.717, 1.165) is 33.7 Å². The van der Waals surface area contributed by atoms with Crippen LogP contribution in [0.15, 0.2) is 0 Å². The highest BCUT2D eigenvalue weighted by atomic mass is 32.2. The third-order valence-corrected chi connectivity index (χ3v) is 3.99. The van der Waals surface area contributed by atoms with Gasteiger partial charge in [0, 0.05) is 0 Å². The van der Waals surface area contributed by atoms with Gasteiger partial charge < -0.3 is 0 Å². The van der Waals surface area contributed by atoms with E-state index in [4.69, 9.17) is 0 Å². The Bertz CT molecular complexity index is 527. The summed E-state index contributed by atoms with van der Waals surface area (Å²) >= 11 is 0. The highest BCUT2D eigenvalue weighted by Gasteiger charge is 2.24. The lowest BCUT2D eigenvalue weighted by atomic mass is 10.9. The third kappa shape index (κ3) is 12.2. The standard InChI is InChI=1S/C4H10O6S2.C2H6O3S/c1-4(10-11(3,5)6)12(7,8)9-2;1-5-6(2,3)4/h4H,1-3H3;1-2H3. The van der Waals surface area contributed by atoms with Crippen LogP contribution in [0.25, 0.3) is 0 Å². The number of hydrogen-bond donors (Lipinski definition) is 0. The maximum Gasteiger partial charge on any atom is 0.295 e. The van der Waals surface area contributed by atoms with E-state index < -0.39 is 35.8 Å². The Kier molecular flexibility index (Phi) is 8.19. The number of hydrogen-bond acceptors (Lipinski definition) is 9. The van der Waals surface area contributed by atoms with Crippen molar-refractivity contribution in [1.82, 2.24) is 0 Å². The van der Waals surface area contributed by atoms with Gasteiger partial charge in [0.1, 0.15) is 0 Å². The molecule has 0 aliphatic carbocycles. The second-order valence-corrected chi connectivity index (χ2v) is 8.22. The van der Waals surface area contributed by atoms with Gasteiger partial charge in [0.2, 0.25) is 0 Å². The van der Waals surface area contributed by atoms with Crippen LogP contribution in [0, 0.1) is 0 Å². The number of rotatable bonds is 5. The van der Waals surface area contributed by atoms with Crippen LogP contribution in [0.3, 0.4) is 0 Å². The van der Waals surface area contributed by atoms with Crippen LogP contribution in [0.2, 0.25) is 0 Å². The molecule has 1 atom stereocenters. The van der Waals surface area contributed by atoms with Crippen LogP contribution in [-0.2, 0) is 42.9 Å². The van der Waals surface area contributed by atoms with Gasteiger partial charge in [0.05, 0.1) is 26.7 Å². The molecule has 1 unspecified atom stereocenters. The fraction of sp³-hybridized carbons (Fsp3) is 1.00. The average Bonchev–Trinajstić information content (AvgIpc) is 2.15. The summed E-state index contributed by atoms with van der Waals surface area (Å²) in [5, 5.41) is 0. The van der Waals surface area contributed by atoms with E-state index in [9.17, 15) is 25.3 Å². The molecular formula is C6H16O9S3. The molecular weight excluding hydrogens is 312 g/mol. The van der Waals surface area contributed by atoms with Crippen molar-refractivity contribution in [3.05, 3.63) is 0 Å². The molecule has 0 aromatic rings. The fourth-order valence-corrected chi connectivity index (χ4v) is 2.01. The molecule has 0 saturated heterocycles. The molecule has 0 bridgehead atoms. The van der Waals surface area contributed by atoms with Crippen molar-refractivity contribution in [2.45, 2.75) is 12.4 Å². The summed E-state index contributed by atoms with van der Waals surface area (Å²) in [4.78, 5) is 0. The minimum atomic E-state index is -3.93. The smallest absolute Gasteiger partial charge is 0.274 e. The predicted octanol–water partition coefficient (Wildman–Crippen LogP) is -1.12. The van der Waals surface area contributed by atoms with E-state index in [0.29, 0.717) is 0 Å². The van der Waals surface area contributed by atoms with Crippen LogP contribution >= 0.6 is 0 Å². The zero-order valence-electron chi connectivity index (χ0n) is 10.5. The SMILES string of the molecule is COS(=O)(=O)C(C)OS(C)(=O)=O.COS(C)(=O)=O. The van der Waals surface area contributed by atoms with E-state index in [1.54, 1.807) is 0 Å². The van der Waals surface area contributed by atoms with E-state index in [2.05, 4.69) is 12.5 Å². The lowest BCUT2D eigenvalue weighted by molar-refractivity contribution is 0.268. The summed E-state index contributed by atoms with van der Waals surface area (Å²) in [6, 6.07) is 0. The Morgan fingerprint density at radius 1 is 0.778 bits per heavy atom. The Morgan fingerprint density at radius 2 is 1.11 bits per heavy atom. The summed E-state index contributed by atoms with van der Waals surface area (Å²) < 4.78 is 74.1. The van der Waals surface area contributed by atoms with E-state index in [-0.39, 0.29) is 0 Å². The van der Waals surface area contributed by atoms with Crippen molar-refractivity contribution >= 4 is 30.4 Å². The van der Waals surface area contributed by atoms with Crippen molar-refractivity contribution in [1.29, 1.82) is 0 Å². The highest BCUT2D eigenvalue weighted by molar-refractivity contribution is 7.89. The molecule has 112 valence electrons. The van der Waals surface area contributed by atoms with Crippen LogP contribution in [0.5, 0.6) is 0 Å². The molecule has 0 aromatic carbocycles. The summed E-state index contributed by atoms with van der Waals surface area (Å²) in [5.74, 6) is 0. The highest BCUT2D eigenvalue weighted by Crippen LogP contribution is 2.06. The zero-order valence-corrected chi connectivity index (χ0v) is 12.9. The van der Waals surface area contributed by atoms with Gasteiger partial charge in [-0.3, -0.25) is 8.37 Å². The van der Waals surface area contributed by atoms with Crippen molar-refractivity contribution < 1.29 is 37.8 Å². The minimum Gasteiger partial charge on any atom is -0.274 e. The van der Waals surface area contributed by atoms with Gasteiger partial charge in [-0.15, -0.1) is 0 Å². The lowest BCUT2D eigenvalue weighted by Crippen LogP contribution is -2.24. The molecule has 0 amide bonds. The van der Waals surface area contributed by atoms with Crippen molar-refractivity contribution in [3.8, 4) is 0 Å². The quantitative estimate of drug-likeness (QED) is 0.576. The molecule has 9 nitrogen and oxygen atoms in total. The van der Waals surface area contributed by atoms with Crippen molar-refractivity contribution in [3.63, 3.8) is 0 Å². The summed E-state index contributed by atoms with van der Waals surface area (Å²) in [6.07, 6.45) is 1.75. The molecule has 0 radical (unpaired) electrons. The first-order valence-corrected chi connectivity index (χ1v) is 9.29. The third-order valence-electron chi connectivity index (χ3n) is 1.25. The summed E-state index contributed by atoms with van der Waals surface area (Å²) in [6.45, 7) is 1.07. The largest absolute Gasteiger partial charge is 0.295 e. The second kappa shape index (κ2) is 7.35. The lowest BCUT2D eigenvalue weighted by Gasteiger charge is -2.09. The Hall–Kier alpha value is -0.270. The molecule has 0 aliphatic heterocycles. The Morgan fingerprint density at radius 3 is 1.28 bits per heavy atom. The summed E-state index contributed by atoms with van der Waals surface area (Å²) in [5.41, 5.74) is -1.52. The van der Waals surface area contributed by atoms with Gasteiger partial charge in [-0.2, -0.15) is 25.3 Å². The molecule has 0 heterocycles. The predicted molar refractivity (Wildman–Crippen MR) is 63.2 cm³/mol. The minimum absolute atomic E-state index is 0.759. The average molecular weight is 328 g/mol. The Labute approximate surface area is 107 Å². The second-order valence-electron chi connectivity index (χ2n) is 2.90. The van der Waals surface area contributed by atoms with Gasteiger partial charge in [-0.25, -0.2) is 4.18 Å². The maximum absolute atomic E-state index is 10.8. The van der Waals surface area contributed by atoms with Gasteiger partial charge in [0.25, 0.3) is 30.4 Å². The molecule has 12 heteroatoms. The summed E-state index contributed by atoms with van der Waals surface area (Å²) in [7, 11) is -8.82. The zero-order chi connectivity index (χ0) is 15.2. The monoisotopic (exact) mass is 328 g/mol. The first-order chi connectivity index (χ1) is 7.75.